The summed E-state index contributed by atoms with van der Waals surface area (Å²) in [6, 6.07) is 12.6. The predicted octanol–water partition coefficient (Wildman–Crippen LogP) is 3.87. The molecule has 1 saturated heterocycles. The molecule has 7 nitrogen and oxygen atoms in total. The highest BCUT2D eigenvalue weighted by Crippen LogP contribution is 2.45. The summed E-state index contributed by atoms with van der Waals surface area (Å²) in [4.78, 5) is 33.3. The molecular weight excluding hydrogens is 394 g/mol. The van der Waals surface area contributed by atoms with Gasteiger partial charge in [0.05, 0.1) is 14.2 Å². The molecule has 3 amide bonds. The quantitative estimate of drug-likeness (QED) is 0.637. The first-order chi connectivity index (χ1) is 15.1. The van der Waals surface area contributed by atoms with Gasteiger partial charge < -0.3 is 14.5 Å². The van der Waals surface area contributed by atoms with Crippen molar-refractivity contribution in [2.24, 2.45) is 0 Å². The molecule has 1 aromatic heterocycles. The monoisotopic (exact) mass is 419 g/mol. The SMILES string of the molecule is CCCN1C(=O)[C@H]2Cc3c([nH]c4ccccc34)[C@H](c3ccc(OC)c(OC)c3)N2C1=O. The zero-order valence-corrected chi connectivity index (χ0v) is 17.8. The van der Waals surface area contributed by atoms with Crippen LogP contribution in [0.2, 0.25) is 0 Å². The largest absolute Gasteiger partial charge is 0.493 e. The van der Waals surface area contributed by atoms with Crippen LogP contribution >= 0.6 is 0 Å². The number of benzene rings is 2. The Labute approximate surface area is 180 Å². The number of nitrogens with one attached hydrogen (secondary N) is 1. The summed E-state index contributed by atoms with van der Waals surface area (Å²) in [7, 11) is 3.18. The first-order valence-electron chi connectivity index (χ1n) is 10.5. The van der Waals surface area contributed by atoms with Gasteiger partial charge in [0.2, 0.25) is 0 Å². The van der Waals surface area contributed by atoms with Crippen LogP contribution in [-0.4, -0.2) is 53.5 Å². The molecule has 2 aromatic carbocycles. The number of urea groups is 1. The number of rotatable bonds is 5. The Hall–Kier alpha value is -3.48. The molecule has 31 heavy (non-hydrogen) atoms. The number of fused-ring (bicyclic) bond motifs is 4. The van der Waals surface area contributed by atoms with Crippen molar-refractivity contribution in [3.63, 3.8) is 0 Å². The van der Waals surface area contributed by atoms with Gasteiger partial charge in [-0.2, -0.15) is 0 Å². The van der Waals surface area contributed by atoms with E-state index < -0.39 is 12.1 Å². The van der Waals surface area contributed by atoms with E-state index in [1.165, 1.54) is 4.90 Å². The molecule has 2 atom stereocenters. The summed E-state index contributed by atoms with van der Waals surface area (Å²) in [6.07, 6.45) is 1.24. The summed E-state index contributed by atoms with van der Waals surface area (Å²) in [5.41, 5.74) is 3.92. The average molecular weight is 419 g/mol. The van der Waals surface area contributed by atoms with Crippen molar-refractivity contribution in [1.29, 1.82) is 0 Å². The van der Waals surface area contributed by atoms with Gasteiger partial charge in [0.25, 0.3) is 5.91 Å². The third-order valence-electron chi connectivity index (χ3n) is 6.30. The molecular formula is C24H25N3O4. The second-order valence-corrected chi connectivity index (χ2v) is 7.98. The normalized spacial score (nSPS) is 20.2. The Morgan fingerprint density at radius 3 is 2.58 bits per heavy atom. The number of aromatic nitrogens is 1. The molecule has 1 fully saturated rings. The van der Waals surface area contributed by atoms with Crippen LogP contribution in [0.5, 0.6) is 11.5 Å². The summed E-state index contributed by atoms with van der Waals surface area (Å²) in [5.74, 6) is 1.09. The van der Waals surface area contributed by atoms with E-state index in [0.717, 1.165) is 34.1 Å². The maximum absolute atomic E-state index is 13.4. The highest BCUT2D eigenvalue weighted by molar-refractivity contribution is 6.05. The third kappa shape index (κ3) is 2.80. The molecule has 3 heterocycles. The molecule has 0 spiro atoms. The average Bonchev–Trinajstić information content (AvgIpc) is 3.28. The Bertz CT molecular complexity index is 1180. The summed E-state index contributed by atoms with van der Waals surface area (Å²) >= 11 is 0. The molecule has 5 rings (SSSR count). The molecule has 3 aromatic rings. The smallest absolute Gasteiger partial charge is 0.328 e. The number of carbonyl (C=O) groups excluding carboxylic acids is 2. The van der Waals surface area contributed by atoms with E-state index in [-0.39, 0.29) is 11.9 Å². The lowest BCUT2D eigenvalue weighted by molar-refractivity contribution is -0.128. The molecule has 0 bridgehead atoms. The minimum atomic E-state index is -0.510. The van der Waals surface area contributed by atoms with Gasteiger partial charge in [-0.1, -0.05) is 31.2 Å². The number of H-pyrrole nitrogens is 1. The number of amides is 3. The van der Waals surface area contributed by atoms with E-state index in [1.807, 2.05) is 43.3 Å². The number of aromatic amines is 1. The van der Waals surface area contributed by atoms with Gasteiger partial charge in [-0.3, -0.25) is 14.6 Å². The molecule has 0 aliphatic carbocycles. The zero-order valence-electron chi connectivity index (χ0n) is 17.8. The lowest BCUT2D eigenvalue weighted by Crippen LogP contribution is -2.44. The van der Waals surface area contributed by atoms with Crippen molar-refractivity contribution in [3.05, 3.63) is 59.3 Å². The van der Waals surface area contributed by atoms with Gasteiger partial charge in [0.1, 0.15) is 12.1 Å². The maximum Gasteiger partial charge on any atom is 0.328 e. The van der Waals surface area contributed by atoms with Gasteiger partial charge in [-0.15, -0.1) is 0 Å². The van der Waals surface area contributed by atoms with E-state index in [1.54, 1.807) is 19.1 Å². The lowest BCUT2D eigenvalue weighted by Gasteiger charge is -2.36. The van der Waals surface area contributed by atoms with E-state index in [9.17, 15) is 9.59 Å². The van der Waals surface area contributed by atoms with Gasteiger partial charge in [-0.05, 0) is 35.7 Å². The number of para-hydroxylation sites is 1. The van der Waals surface area contributed by atoms with E-state index in [0.29, 0.717) is 24.5 Å². The standard InChI is InChI=1S/C24H25N3O4/c1-4-11-26-23(28)18-13-16-15-7-5-6-8-17(15)25-21(16)22(27(18)24(26)29)14-9-10-19(30-2)20(12-14)31-3/h5-10,12,18,22,25H,4,11,13H2,1-3H3/t18-,22+/m1/s1. The van der Waals surface area contributed by atoms with Crippen molar-refractivity contribution >= 4 is 22.8 Å². The zero-order chi connectivity index (χ0) is 21.7. The molecule has 160 valence electrons. The van der Waals surface area contributed by atoms with Gasteiger partial charge in [0, 0.05) is 29.6 Å². The first-order valence-corrected chi connectivity index (χ1v) is 10.5. The summed E-state index contributed by atoms with van der Waals surface area (Å²) < 4.78 is 10.9. The second kappa shape index (κ2) is 7.34. The third-order valence-corrected chi connectivity index (χ3v) is 6.30. The highest BCUT2D eigenvalue weighted by atomic mass is 16.5. The Kier molecular flexibility index (Phi) is 4.61. The number of hydrogen-bond acceptors (Lipinski definition) is 4. The molecule has 2 aliphatic rings. The molecule has 1 N–H and O–H groups in total. The molecule has 0 saturated carbocycles. The predicted molar refractivity (Wildman–Crippen MR) is 116 cm³/mol. The fourth-order valence-corrected chi connectivity index (χ4v) is 4.93. The van der Waals surface area contributed by atoms with Crippen molar-refractivity contribution in [2.75, 3.05) is 20.8 Å². The van der Waals surface area contributed by atoms with Crippen molar-refractivity contribution in [3.8, 4) is 11.5 Å². The fourth-order valence-electron chi connectivity index (χ4n) is 4.93. The van der Waals surface area contributed by atoms with Gasteiger partial charge in [0.15, 0.2) is 11.5 Å². The summed E-state index contributed by atoms with van der Waals surface area (Å²) in [5, 5.41) is 1.09. The minimum Gasteiger partial charge on any atom is -0.493 e. The van der Waals surface area contributed by atoms with Gasteiger partial charge >= 0.3 is 6.03 Å². The molecule has 0 radical (unpaired) electrons. The van der Waals surface area contributed by atoms with Crippen LogP contribution in [0.15, 0.2) is 42.5 Å². The second-order valence-electron chi connectivity index (χ2n) is 7.98. The van der Waals surface area contributed by atoms with Crippen LogP contribution in [0.25, 0.3) is 10.9 Å². The number of nitrogens with zero attached hydrogens (tertiary/aromatic N) is 2. The van der Waals surface area contributed by atoms with Crippen LogP contribution in [0.4, 0.5) is 4.79 Å². The number of hydrogen-bond donors (Lipinski definition) is 1. The maximum atomic E-state index is 13.4. The molecule has 2 aliphatic heterocycles. The van der Waals surface area contributed by atoms with Gasteiger partial charge in [-0.25, -0.2) is 4.79 Å². The van der Waals surface area contributed by atoms with Crippen LogP contribution in [0.3, 0.4) is 0 Å². The fraction of sp³-hybridized carbons (Fsp3) is 0.333. The van der Waals surface area contributed by atoms with E-state index in [4.69, 9.17) is 9.47 Å². The summed E-state index contributed by atoms with van der Waals surface area (Å²) in [6.45, 7) is 2.40. The van der Waals surface area contributed by atoms with Crippen LogP contribution < -0.4 is 9.47 Å². The number of imide groups is 1. The molecule has 0 unspecified atom stereocenters. The Morgan fingerprint density at radius 2 is 1.84 bits per heavy atom. The lowest BCUT2D eigenvalue weighted by atomic mass is 9.88. The highest BCUT2D eigenvalue weighted by Gasteiger charge is 2.52. The number of methoxy groups -OCH3 is 2. The van der Waals surface area contributed by atoms with E-state index in [2.05, 4.69) is 11.1 Å². The van der Waals surface area contributed by atoms with Crippen LogP contribution in [0, 0.1) is 0 Å². The van der Waals surface area contributed by atoms with Crippen LogP contribution in [-0.2, 0) is 11.2 Å². The number of carbonyl (C=O) groups is 2. The first kappa shape index (κ1) is 19.5. The Morgan fingerprint density at radius 1 is 1.06 bits per heavy atom. The molecule has 7 heteroatoms. The van der Waals surface area contributed by atoms with Crippen molar-refractivity contribution in [1.82, 2.24) is 14.8 Å². The Balaban J connectivity index is 1.72. The topological polar surface area (TPSA) is 74.9 Å². The van der Waals surface area contributed by atoms with Crippen LogP contribution in [0.1, 0.15) is 36.2 Å². The minimum absolute atomic E-state index is 0.117. The number of ether oxygens (including phenoxy) is 2. The van der Waals surface area contributed by atoms with Crippen molar-refractivity contribution in [2.45, 2.75) is 31.8 Å². The van der Waals surface area contributed by atoms with Crippen molar-refractivity contribution < 1.29 is 19.1 Å². The van der Waals surface area contributed by atoms with E-state index >= 15 is 0 Å².